The summed E-state index contributed by atoms with van der Waals surface area (Å²) in [4.78, 5) is 4.34. The molecule has 1 aliphatic carbocycles. The number of pyridine rings is 1. The Kier molecular flexibility index (Phi) is 3.48. The van der Waals surface area contributed by atoms with Gasteiger partial charge in [0.05, 0.1) is 6.10 Å². The molecule has 1 saturated carbocycles. The molecule has 2 aromatic rings. The van der Waals surface area contributed by atoms with Gasteiger partial charge in [0.1, 0.15) is 0 Å². The summed E-state index contributed by atoms with van der Waals surface area (Å²) in [5.74, 6) is 0. The van der Waals surface area contributed by atoms with Crippen LogP contribution in [0.2, 0.25) is 0 Å². The summed E-state index contributed by atoms with van der Waals surface area (Å²) in [6, 6.07) is 8.92. The highest BCUT2D eigenvalue weighted by molar-refractivity contribution is 5.84. The number of rotatable bonds is 4. The van der Waals surface area contributed by atoms with Crippen molar-refractivity contribution in [3.8, 4) is 0 Å². The number of nitrogens with zero attached hydrogens (tertiary/aromatic N) is 1. The predicted octanol–water partition coefficient (Wildman–Crippen LogP) is 3.14. The van der Waals surface area contributed by atoms with Gasteiger partial charge in [-0.15, -0.1) is 0 Å². The van der Waals surface area contributed by atoms with E-state index in [0.29, 0.717) is 12.1 Å². The van der Waals surface area contributed by atoms with Crippen LogP contribution in [0.5, 0.6) is 0 Å². The third-order valence-electron chi connectivity index (χ3n) is 4.75. The van der Waals surface area contributed by atoms with Crippen molar-refractivity contribution in [2.75, 3.05) is 7.11 Å². The van der Waals surface area contributed by atoms with Gasteiger partial charge in [0.2, 0.25) is 0 Å². The van der Waals surface area contributed by atoms with Gasteiger partial charge in [-0.05, 0) is 17.4 Å². The van der Waals surface area contributed by atoms with Crippen molar-refractivity contribution in [3.05, 3.63) is 42.2 Å². The smallest absolute Gasteiger partial charge is 0.0652 e. The van der Waals surface area contributed by atoms with Crippen LogP contribution in [0.25, 0.3) is 10.8 Å². The zero-order valence-electron chi connectivity index (χ0n) is 12.4. The lowest BCUT2D eigenvalue weighted by Gasteiger charge is -2.51. The molecule has 1 aliphatic rings. The first kappa shape index (κ1) is 13.5. The zero-order chi connectivity index (χ0) is 14.2. The Morgan fingerprint density at radius 3 is 2.85 bits per heavy atom. The summed E-state index contributed by atoms with van der Waals surface area (Å²) in [5, 5.41) is 6.15. The number of hydrogen-bond donors (Lipinski definition) is 1. The molecule has 3 heteroatoms. The molecule has 0 bridgehead atoms. The van der Waals surface area contributed by atoms with Crippen molar-refractivity contribution in [2.45, 2.75) is 39.0 Å². The first-order valence-corrected chi connectivity index (χ1v) is 7.20. The van der Waals surface area contributed by atoms with Gasteiger partial charge < -0.3 is 10.1 Å². The maximum Gasteiger partial charge on any atom is 0.0652 e. The van der Waals surface area contributed by atoms with Crippen molar-refractivity contribution in [2.24, 2.45) is 5.41 Å². The van der Waals surface area contributed by atoms with Crippen LogP contribution in [0.1, 0.15) is 25.8 Å². The van der Waals surface area contributed by atoms with Crippen molar-refractivity contribution in [1.82, 2.24) is 10.3 Å². The van der Waals surface area contributed by atoms with Crippen molar-refractivity contribution in [1.29, 1.82) is 0 Å². The molecule has 1 aromatic carbocycles. The number of fused-ring (bicyclic) bond motifs is 1. The Bertz CT molecular complexity index is 603. The molecule has 2 unspecified atom stereocenters. The van der Waals surface area contributed by atoms with Gasteiger partial charge in [0, 0.05) is 42.9 Å². The van der Waals surface area contributed by atoms with Crippen LogP contribution in [0.4, 0.5) is 0 Å². The Morgan fingerprint density at radius 2 is 2.10 bits per heavy atom. The molecule has 1 N–H and O–H groups in total. The maximum absolute atomic E-state index is 5.50. The van der Waals surface area contributed by atoms with Crippen molar-refractivity contribution >= 4 is 10.8 Å². The Labute approximate surface area is 120 Å². The van der Waals surface area contributed by atoms with E-state index in [1.54, 1.807) is 7.11 Å². The third-order valence-corrected chi connectivity index (χ3v) is 4.75. The van der Waals surface area contributed by atoms with E-state index in [-0.39, 0.29) is 5.41 Å². The molecule has 1 fully saturated rings. The molecule has 0 amide bonds. The maximum atomic E-state index is 5.50. The van der Waals surface area contributed by atoms with Crippen LogP contribution in [0, 0.1) is 5.41 Å². The SMILES string of the molecule is COC1CC(NCc2cncc3ccccc23)C1(C)C. The van der Waals surface area contributed by atoms with Gasteiger partial charge in [0.15, 0.2) is 0 Å². The van der Waals surface area contributed by atoms with E-state index in [2.05, 4.69) is 48.4 Å². The molecular formula is C17H22N2O. The lowest BCUT2D eigenvalue weighted by Crippen LogP contribution is -2.60. The fourth-order valence-electron chi connectivity index (χ4n) is 3.18. The van der Waals surface area contributed by atoms with Crippen LogP contribution in [-0.2, 0) is 11.3 Å². The molecule has 2 atom stereocenters. The molecular weight excluding hydrogens is 248 g/mol. The Hall–Kier alpha value is -1.45. The fourth-order valence-corrected chi connectivity index (χ4v) is 3.18. The topological polar surface area (TPSA) is 34.1 Å². The number of methoxy groups -OCH3 is 1. The van der Waals surface area contributed by atoms with Gasteiger partial charge in [-0.1, -0.05) is 38.1 Å². The first-order chi connectivity index (χ1) is 9.63. The minimum Gasteiger partial charge on any atom is -0.381 e. The third kappa shape index (κ3) is 2.21. The highest BCUT2D eigenvalue weighted by Crippen LogP contribution is 2.42. The number of ether oxygens (including phenoxy) is 1. The predicted molar refractivity (Wildman–Crippen MR) is 81.6 cm³/mol. The first-order valence-electron chi connectivity index (χ1n) is 7.20. The summed E-state index contributed by atoms with van der Waals surface area (Å²) in [6.07, 6.45) is 5.34. The quantitative estimate of drug-likeness (QED) is 0.926. The van der Waals surface area contributed by atoms with Crippen LogP contribution < -0.4 is 5.32 Å². The molecule has 0 aliphatic heterocycles. The molecule has 3 nitrogen and oxygen atoms in total. The average molecular weight is 270 g/mol. The standard InChI is InChI=1S/C17H22N2O/c1-17(2)15(8-16(17)20-3)19-11-13-10-18-9-12-6-4-5-7-14(12)13/h4-7,9-10,15-16,19H,8,11H2,1-3H3. The molecule has 3 rings (SSSR count). The highest BCUT2D eigenvalue weighted by atomic mass is 16.5. The van der Waals surface area contributed by atoms with Gasteiger partial charge in [-0.2, -0.15) is 0 Å². The number of nitrogens with one attached hydrogen (secondary N) is 1. The summed E-state index contributed by atoms with van der Waals surface area (Å²) in [6.45, 7) is 5.40. The van der Waals surface area contributed by atoms with Crippen LogP contribution in [0.15, 0.2) is 36.7 Å². The minimum atomic E-state index is 0.201. The van der Waals surface area contributed by atoms with Gasteiger partial charge >= 0.3 is 0 Å². The average Bonchev–Trinajstić information content (AvgIpc) is 2.46. The summed E-state index contributed by atoms with van der Waals surface area (Å²) >= 11 is 0. The molecule has 0 saturated heterocycles. The van der Waals surface area contributed by atoms with Gasteiger partial charge in [0.25, 0.3) is 0 Å². The Morgan fingerprint density at radius 1 is 1.30 bits per heavy atom. The second kappa shape index (κ2) is 5.15. The van der Waals surface area contributed by atoms with E-state index in [0.717, 1.165) is 13.0 Å². The van der Waals surface area contributed by atoms with E-state index in [1.165, 1.54) is 16.3 Å². The largest absolute Gasteiger partial charge is 0.381 e. The fraction of sp³-hybridized carbons (Fsp3) is 0.471. The molecule has 1 aromatic heterocycles. The van der Waals surface area contributed by atoms with E-state index in [1.807, 2.05) is 12.4 Å². The molecule has 0 spiro atoms. The molecule has 20 heavy (non-hydrogen) atoms. The second-order valence-electron chi connectivity index (χ2n) is 6.23. The number of hydrogen-bond acceptors (Lipinski definition) is 3. The number of aromatic nitrogens is 1. The van der Waals surface area contributed by atoms with E-state index in [4.69, 9.17) is 4.74 Å². The van der Waals surface area contributed by atoms with Crippen LogP contribution >= 0.6 is 0 Å². The van der Waals surface area contributed by atoms with E-state index >= 15 is 0 Å². The molecule has 0 radical (unpaired) electrons. The van der Waals surface area contributed by atoms with Crippen LogP contribution in [-0.4, -0.2) is 24.2 Å². The summed E-state index contributed by atoms with van der Waals surface area (Å²) in [7, 11) is 1.80. The normalized spacial score (nSPS) is 24.6. The van der Waals surface area contributed by atoms with E-state index < -0.39 is 0 Å². The van der Waals surface area contributed by atoms with Gasteiger partial charge in [-0.25, -0.2) is 0 Å². The molecule has 106 valence electrons. The minimum absolute atomic E-state index is 0.201. The van der Waals surface area contributed by atoms with Gasteiger partial charge in [-0.3, -0.25) is 4.98 Å². The monoisotopic (exact) mass is 270 g/mol. The van der Waals surface area contributed by atoms with Crippen molar-refractivity contribution in [3.63, 3.8) is 0 Å². The van der Waals surface area contributed by atoms with E-state index in [9.17, 15) is 0 Å². The summed E-state index contributed by atoms with van der Waals surface area (Å²) < 4.78 is 5.50. The highest BCUT2D eigenvalue weighted by Gasteiger charge is 2.48. The zero-order valence-corrected chi connectivity index (χ0v) is 12.4. The lowest BCUT2D eigenvalue weighted by molar-refractivity contribution is -0.0978. The molecule has 1 heterocycles. The van der Waals surface area contributed by atoms with Crippen molar-refractivity contribution < 1.29 is 4.74 Å². The summed E-state index contributed by atoms with van der Waals surface area (Å²) in [5.41, 5.74) is 1.46. The van der Waals surface area contributed by atoms with Crippen LogP contribution in [0.3, 0.4) is 0 Å². The second-order valence-corrected chi connectivity index (χ2v) is 6.23. The Balaban J connectivity index is 1.72. The number of benzene rings is 1. The lowest BCUT2D eigenvalue weighted by atomic mass is 9.64.